The molecule has 0 aromatic heterocycles. The first-order valence-corrected chi connectivity index (χ1v) is 9.71. The quantitative estimate of drug-likeness (QED) is 0.765. The molecule has 0 saturated heterocycles. The van der Waals surface area contributed by atoms with Crippen LogP contribution in [0.25, 0.3) is 0 Å². The first-order chi connectivity index (χ1) is 13.6. The van der Waals surface area contributed by atoms with E-state index in [2.05, 4.69) is 25.1 Å². The van der Waals surface area contributed by atoms with Gasteiger partial charge < -0.3 is 14.2 Å². The molecule has 4 nitrogen and oxygen atoms in total. The molecule has 2 aromatic carbocycles. The summed E-state index contributed by atoms with van der Waals surface area (Å²) in [5, 5.41) is 0. The van der Waals surface area contributed by atoms with Crippen molar-refractivity contribution < 1.29 is 19.0 Å². The van der Waals surface area contributed by atoms with E-state index in [4.69, 9.17) is 14.2 Å². The Morgan fingerprint density at radius 3 is 2.29 bits per heavy atom. The van der Waals surface area contributed by atoms with E-state index in [9.17, 15) is 4.79 Å². The second-order valence-electron chi connectivity index (χ2n) is 7.61. The highest BCUT2D eigenvalue weighted by atomic mass is 16.5. The number of benzene rings is 2. The van der Waals surface area contributed by atoms with Crippen LogP contribution in [0.4, 0.5) is 0 Å². The Bertz CT molecular complexity index is 944. The van der Waals surface area contributed by atoms with Gasteiger partial charge in [0.15, 0.2) is 17.3 Å². The number of rotatable bonds is 4. The Morgan fingerprint density at radius 1 is 0.893 bits per heavy atom. The Labute approximate surface area is 166 Å². The number of ketones is 1. The summed E-state index contributed by atoms with van der Waals surface area (Å²) >= 11 is 0. The van der Waals surface area contributed by atoms with Gasteiger partial charge in [0.2, 0.25) is 0 Å². The van der Waals surface area contributed by atoms with E-state index < -0.39 is 0 Å². The number of fused-ring (bicyclic) bond motifs is 2. The summed E-state index contributed by atoms with van der Waals surface area (Å²) < 4.78 is 16.4. The lowest BCUT2D eigenvalue weighted by Gasteiger charge is -2.39. The van der Waals surface area contributed by atoms with Crippen molar-refractivity contribution in [1.29, 1.82) is 0 Å². The van der Waals surface area contributed by atoms with Gasteiger partial charge in [0.05, 0.1) is 21.3 Å². The number of methoxy groups -OCH3 is 3. The second kappa shape index (κ2) is 7.34. The molecule has 4 heteroatoms. The van der Waals surface area contributed by atoms with Gasteiger partial charge >= 0.3 is 0 Å². The fraction of sp³-hybridized carbons (Fsp3) is 0.375. The van der Waals surface area contributed by atoms with Gasteiger partial charge in [-0.2, -0.15) is 0 Å². The van der Waals surface area contributed by atoms with Crippen molar-refractivity contribution in [1.82, 2.24) is 0 Å². The van der Waals surface area contributed by atoms with Gasteiger partial charge in [-0.1, -0.05) is 31.2 Å². The molecule has 3 atom stereocenters. The molecule has 0 aliphatic heterocycles. The summed E-state index contributed by atoms with van der Waals surface area (Å²) in [5.41, 5.74) is 3.94. The Kier molecular flexibility index (Phi) is 4.88. The van der Waals surface area contributed by atoms with Crippen molar-refractivity contribution in [3.8, 4) is 17.2 Å². The van der Waals surface area contributed by atoms with Gasteiger partial charge in [-0.3, -0.25) is 4.79 Å². The third kappa shape index (κ3) is 2.88. The lowest BCUT2D eigenvalue weighted by atomic mass is 9.64. The van der Waals surface area contributed by atoms with Crippen LogP contribution in [0, 0.1) is 11.8 Å². The summed E-state index contributed by atoms with van der Waals surface area (Å²) in [6.45, 7) is 2.26. The molecule has 0 saturated carbocycles. The molecule has 0 N–H and O–H groups in total. The second-order valence-corrected chi connectivity index (χ2v) is 7.61. The molecule has 0 spiro atoms. The Hall–Kier alpha value is -2.75. The first-order valence-electron chi connectivity index (χ1n) is 9.71. The Balaban J connectivity index is 1.74. The minimum Gasteiger partial charge on any atom is -0.496 e. The summed E-state index contributed by atoms with van der Waals surface area (Å²) in [7, 11) is 4.94. The van der Waals surface area contributed by atoms with E-state index in [-0.39, 0.29) is 11.7 Å². The van der Waals surface area contributed by atoms with E-state index in [1.165, 1.54) is 5.56 Å². The molecule has 146 valence electrons. The van der Waals surface area contributed by atoms with Crippen LogP contribution in [-0.2, 0) is 6.42 Å². The maximum atomic E-state index is 13.2. The van der Waals surface area contributed by atoms with Crippen molar-refractivity contribution >= 4 is 5.78 Å². The van der Waals surface area contributed by atoms with Crippen LogP contribution in [0.5, 0.6) is 17.2 Å². The third-order valence-corrected chi connectivity index (χ3v) is 6.35. The zero-order chi connectivity index (χ0) is 19.8. The minimum atomic E-state index is 0.123. The van der Waals surface area contributed by atoms with Gasteiger partial charge in [0.25, 0.3) is 0 Å². The normalized spacial score (nSPS) is 23.4. The summed E-state index contributed by atoms with van der Waals surface area (Å²) in [6, 6.07) is 12.0. The summed E-state index contributed by atoms with van der Waals surface area (Å²) in [5.74, 6) is 3.18. The van der Waals surface area contributed by atoms with Crippen LogP contribution in [0.3, 0.4) is 0 Å². The predicted molar refractivity (Wildman–Crippen MR) is 109 cm³/mol. The fourth-order valence-electron chi connectivity index (χ4n) is 4.82. The standard InChI is InChI=1S/C24H26O4/c1-14-16(17-7-5-6-8-21(17)26-2)9-10-18-19(14)11-15-12-22(27-3)23(28-4)13-20(15)24(18)25/h5-8,10,12-14,16,19H,9,11H2,1-4H3/t14-,16?,19+/m0/s1. The molecule has 0 radical (unpaired) electrons. The average Bonchev–Trinajstić information content (AvgIpc) is 2.74. The highest BCUT2D eigenvalue weighted by Gasteiger charge is 2.40. The zero-order valence-corrected chi connectivity index (χ0v) is 16.8. The molecular weight excluding hydrogens is 352 g/mol. The molecule has 0 heterocycles. The fourth-order valence-corrected chi connectivity index (χ4v) is 4.82. The number of carbonyl (C=O) groups excluding carboxylic acids is 1. The predicted octanol–water partition coefficient (Wildman–Crippen LogP) is 4.82. The SMILES string of the molecule is COc1cc2c(cc1OC)C(=O)C1=CCC(c3ccccc3OC)[C@H](C)[C@H]1C2. The van der Waals surface area contributed by atoms with Crippen LogP contribution in [0.15, 0.2) is 48.0 Å². The highest BCUT2D eigenvalue weighted by molar-refractivity contribution is 6.11. The van der Waals surface area contributed by atoms with Crippen molar-refractivity contribution in [2.75, 3.05) is 21.3 Å². The molecule has 2 aliphatic rings. The number of hydrogen-bond acceptors (Lipinski definition) is 4. The van der Waals surface area contributed by atoms with Crippen LogP contribution in [0.2, 0.25) is 0 Å². The monoisotopic (exact) mass is 378 g/mol. The first kappa shape index (κ1) is 18.6. The summed E-state index contributed by atoms with van der Waals surface area (Å²) in [6.07, 6.45) is 3.82. The molecule has 2 aromatic rings. The molecular formula is C24H26O4. The average molecular weight is 378 g/mol. The third-order valence-electron chi connectivity index (χ3n) is 6.35. The van der Waals surface area contributed by atoms with E-state index in [1.807, 2.05) is 24.3 Å². The van der Waals surface area contributed by atoms with Crippen LogP contribution in [-0.4, -0.2) is 27.1 Å². The number of allylic oxidation sites excluding steroid dienone is 2. The summed E-state index contributed by atoms with van der Waals surface area (Å²) in [4.78, 5) is 13.2. The Morgan fingerprint density at radius 2 is 1.57 bits per heavy atom. The number of carbonyl (C=O) groups is 1. The van der Waals surface area contributed by atoms with Crippen molar-refractivity contribution in [2.24, 2.45) is 11.8 Å². The van der Waals surface area contributed by atoms with Gasteiger partial charge in [0, 0.05) is 5.56 Å². The molecule has 0 fully saturated rings. The van der Waals surface area contributed by atoms with Crippen LogP contribution in [0.1, 0.15) is 40.7 Å². The van der Waals surface area contributed by atoms with E-state index >= 15 is 0 Å². The maximum absolute atomic E-state index is 13.2. The van der Waals surface area contributed by atoms with Crippen molar-refractivity contribution in [3.05, 3.63) is 64.7 Å². The number of hydrogen-bond donors (Lipinski definition) is 0. The van der Waals surface area contributed by atoms with Gasteiger partial charge in [-0.05, 0) is 65.5 Å². The van der Waals surface area contributed by atoms with Gasteiger partial charge in [0.1, 0.15) is 5.75 Å². The number of para-hydroxylation sites is 1. The van der Waals surface area contributed by atoms with E-state index in [1.54, 1.807) is 21.3 Å². The maximum Gasteiger partial charge on any atom is 0.189 e. The molecule has 1 unspecified atom stereocenters. The number of ether oxygens (including phenoxy) is 3. The van der Waals surface area contributed by atoms with Crippen LogP contribution >= 0.6 is 0 Å². The minimum absolute atomic E-state index is 0.123. The van der Waals surface area contributed by atoms with E-state index in [0.717, 1.165) is 35.3 Å². The smallest absolute Gasteiger partial charge is 0.189 e. The van der Waals surface area contributed by atoms with Crippen LogP contribution < -0.4 is 14.2 Å². The highest BCUT2D eigenvalue weighted by Crippen LogP contribution is 2.48. The van der Waals surface area contributed by atoms with Gasteiger partial charge in [-0.15, -0.1) is 0 Å². The molecule has 0 bridgehead atoms. The van der Waals surface area contributed by atoms with E-state index in [0.29, 0.717) is 23.3 Å². The molecule has 2 aliphatic carbocycles. The number of Topliss-reactive ketones (excluding diaryl/α,β-unsaturated/α-hetero) is 1. The topological polar surface area (TPSA) is 44.8 Å². The largest absolute Gasteiger partial charge is 0.496 e. The van der Waals surface area contributed by atoms with Crippen molar-refractivity contribution in [3.63, 3.8) is 0 Å². The molecule has 28 heavy (non-hydrogen) atoms. The lowest BCUT2D eigenvalue weighted by Crippen LogP contribution is -2.34. The lowest BCUT2D eigenvalue weighted by molar-refractivity contribution is 0.0992. The van der Waals surface area contributed by atoms with Gasteiger partial charge in [-0.25, -0.2) is 0 Å². The molecule has 0 amide bonds. The van der Waals surface area contributed by atoms with Crippen molar-refractivity contribution in [2.45, 2.75) is 25.7 Å². The molecule has 4 rings (SSSR count). The zero-order valence-electron chi connectivity index (χ0n) is 16.8.